The monoisotopic (exact) mass is 109 g/mol. The van der Waals surface area contributed by atoms with Crippen LogP contribution in [0.2, 0.25) is 0 Å². The highest BCUT2D eigenvalue weighted by Gasteiger charge is 1.98. The molecule has 44 valence electrons. The van der Waals surface area contributed by atoms with Crippen molar-refractivity contribution >= 4 is 0 Å². The highest BCUT2D eigenvalue weighted by molar-refractivity contribution is 5.19. The molecule has 0 amide bonds. The maximum atomic E-state index is 5.47. The Labute approximate surface area is 49.9 Å². The molecule has 1 atom stereocenters. The molecule has 0 radical (unpaired) electrons. The Kier molecular flexibility index (Phi) is 1.38. The molecule has 0 aliphatic heterocycles. The first-order valence-corrected chi connectivity index (χ1v) is 2.93. The molecule has 0 aromatic heterocycles. The van der Waals surface area contributed by atoms with Crippen LogP contribution in [0.3, 0.4) is 0 Å². The smallest absolute Gasteiger partial charge is 0.0270 e. The molecule has 0 fully saturated rings. The molecule has 0 heterocycles. The topological polar surface area (TPSA) is 26.0 Å². The molecular formula is C7H11N. The van der Waals surface area contributed by atoms with E-state index in [1.54, 1.807) is 0 Å². The SMILES string of the molecule is C[C@@H]1C=CC(N)=CC1. The fraction of sp³-hybridized carbons (Fsp3) is 0.429. The summed E-state index contributed by atoms with van der Waals surface area (Å²) in [5.41, 5.74) is 6.38. The molecule has 0 spiro atoms. The van der Waals surface area contributed by atoms with Gasteiger partial charge in [0.1, 0.15) is 0 Å². The van der Waals surface area contributed by atoms with Crippen molar-refractivity contribution in [2.75, 3.05) is 0 Å². The zero-order valence-electron chi connectivity index (χ0n) is 5.09. The zero-order valence-corrected chi connectivity index (χ0v) is 5.09. The number of hydrogen-bond donors (Lipinski definition) is 1. The lowest BCUT2D eigenvalue weighted by Crippen LogP contribution is -2.00. The summed E-state index contributed by atoms with van der Waals surface area (Å²) in [6.45, 7) is 2.18. The largest absolute Gasteiger partial charge is 0.399 e. The van der Waals surface area contributed by atoms with Crippen LogP contribution in [0.15, 0.2) is 23.9 Å². The van der Waals surface area contributed by atoms with Gasteiger partial charge >= 0.3 is 0 Å². The van der Waals surface area contributed by atoms with Crippen molar-refractivity contribution in [1.29, 1.82) is 0 Å². The Balaban J connectivity index is 2.58. The van der Waals surface area contributed by atoms with Crippen molar-refractivity contribution in [2.45, 2.75) is 13.3 Å². The first kappa shape index (κ1) is 5.42. The number of hydrogen-bond acceptors (Lipinski definition) is 1. The Morgan fingerprint density at radius 2 is 2.50 bits per heavy atom. The third-order valence-electron chi connectivity index (χ3n) is 1.34. The van der Waals surface area contributed by atoms with E-state index in [-0.39, 0.29) is 0 Å². The minimum Gasteiger partial charge on any atom is -0.399 e. The van der Waals surface area contributed by atoms with Gasteiger partial charge in [0.2, 0.25) is 0 Å². The van der Waals surface area contributed by atoms with Gasteiger partial charge in [0.05, 0.1) is 0 Å². The molecule has 1 aliphatic rings. The van der Waals surface area contributed by atoms with Crippen molar-refractivity contribution in [2.24, 2.45) is 11.7 Å². The molecule has 0 bridgehead atoms. The molecule has 1 heteroatoms. The Hall–Kier alpha value is -0.720. The van der Waals surface area contributed by atoms with E-state index in [0.717, 1.165) is 12.1 Å². The van der Waals surface area contributed by atoms with Crippen LogP contribution in [0.4, 0.5) is 0 Å². The Morgan fingerprint density at radius 1 is 1.75 bits per heavy atom. The first-order chi connectivity index (χ1) is 3.79. The normalized spacial score (nSPS) is 27.6. The van der Waals surface area contributed by atoms with Crippen molar-refractivity contribution in [3.8, 4) is 0 Å². The van der Waals surface area contributed by atoms with E-state index in [2.05, 4.69) is 19.1 Å². The lowest BCUT2D eigenvalue weighted by Gasteiger charge is -2.06. The van der Waals surface area contributed by atoms with Crippen LogP contribution in [0.25, 0.3) is 0 Å². The molecule has 0 saturated carbocycles. The number of rotatable bonds is 0. The molecule has 1 rings (SSSR count). The van der Waals surface area contributed by atoms with Crippen LogP contribution in [-0.2, 0) is 0 Å². The molecule has 0 aromatic rings. The van der Waals surface area contributed by atoms with E-state index in [4.69, 9.17) is 5.73 Å². The summed E-state index contributed by atoms with van der Waals surface area (Å²) in [5.74, 6) is 0.683. The second-order valence-electron chi connectivity index (χ2n) is 2.28. The van der Waals surface area contributed by atoms with Crippen LogP contribution in [0, 0.1) is 5.92 Å². The van der Waals surface area contributed by atoms with Crippen LogP contribution in [0.1, 0.15) is 13.3 Å². The van der Waals surface area contributed by atoms with Crippen molar-refractivity contribution in [1.82, 2.24) is 0 Å². The van der Waals surface area contributed by atoms with Crippen LogP contribution >= 0.6 is 0 Å². The minimum absolute atomic E-state index is 0.683. The van der Waals surface area contributed by atoms with Gasteiger partial charge in [-0.15, -0.1) is 0 Å². The predicted octanol–water partition coefficient (Wildman–Crippen LogP) is 1.43. The van der Waals surface area contributed by atoms with E-state index in [1.807, 2.05) is 6.08 Å². The molecule has 0 unspecified atom stereocenters. The number of allylic oxidation sites excluding steroid dienone is 3. The van der Waals surface area contributed by atoms with E-state index < -0.39 is 0 Å². The van der Waals surface area contributed by atoms with Gasteiger partial charge < -0.3 is 5.73 Å². The molecular weight excluding hydrogens is 98.1 g/mol. The highest BCUT2D eigenvalue weighted by Crippen LogP contribution is 2.11. The fourth-order valence-corrected chi connectivity index (χ4v) is 0.744. The highest BCUT2D eigenvalue weighted by atomic mass is 14.6. The lowest BCUT2D eigenvalue weighted by molar-refractivity contribution is 0.730. The predicted molar refractivity (Wildman–Crippen MR) is 35.2 cm³/mol. The maximum Gasteiger partial charge on any atom is 0.0270 e. The average molecular weight is 109 g/mol. The first-order valence-electron chi connectivity index (χ1n) is 2.93. The van der Waals surface area contributed by atoms with Gasteiger partial charge in [-0.1, -0.05) is 19.1 Å². The van der Waals surface area contributed by atoms with Gasteiger partial charge in [0.25, 0.3) is 0 Å². The summed E-state index contributed by atoms with van der Waals surface area (Å²) in [7, 11) is 0. The summed E-state index contributed by atoms with van der Waals surface area (Å²) < 4.78 is 0. The fourth-order valence-electron chi connectivity index (χ4n) is 0.744. The van der Waals surface area contributed by atoms with Crippen molar-refractivity contribution in [3.05, 3.63) is 23.9 Å². The zero-order chi connectivity index (χ0) is 5.98. The summed E-state index contributed by atoms with van der Waals surface area (Å²) in [6, 6.07) is 0. The van der Waals surface area contributed by atoms with E-state index in [1.165, 1.54) is 0 Å². The van der Waals surface area contributed by atoms with E-state index >= 15 is 0 Å². The molecule has 1 aliphatic carbocycles. The number of nitrogens with two attached hydrogens (primary N) is 1. The second kappa shape index (κ2) is 2.03. The average Bonchev–Trinajstić information content (AvgIpc) is 1.77. The van der Waals surface area contributed by atoms with E-state index in [0.29, 0.717) is 5.92 Å². The van der Waals surface area contributed by atoms with Crippen LogP contribution in [0.5, 0.6) is 0 Å². The van der Waals surface area contributed by atoms with Gasteiger partial charge in [-0.2, -0.15) is 0 Å². The van der Waals surface area contributed by atoms with Gasteiger partial charge in [-0.25, -0.2) is 0 Å². The van der Waals surface area contributed by atoms with Gasteiger partial charge in [0, 0.05) is 5.70 Å². The summed E-state index contributed by atoms with van der Waals surface area (Å²) in [6.07, 6.45) is 7.26. The van der Waals surface area contributed by atoms with Crippen LogP contribution in [-0.4, -0.2) is 0 Å². The van der Waals surface area contributed by atoms with Gasteiger partial charge in [0.15, 0.2) is 0 Å². The molecule has 0 saturated heterocycles. The molecule has 2 N–H and O–H groups in total. The Morgan fingerprint density at radius 3 is 2.88 bits per heavy atom. The summed E-state index contributed by atoms with van der Waals surface area (Å²) in [5, 5.41) is 0. The van der Waals surface area contributed by atoms with Gasteiger partial charge in [-0.3, -0.25) is 0 Å². The third-order valence-corrected chi connectivity index (χ3v) is 1.34. The lowest BCUT2D eigenvalue weighted by atomic mass is 10.0. The Bertz CT molecular complexity index is 133. The summed E-state index contributed by atoms with van der Waals surface area (Å²) >= 11 is 0. The third kappa shape index (κ3) is 1.12. The molecule has 0 aromatic carbocycles. The van der Waals surface area contributed by atoms with Crippen molar-refractivity contribution < 1.29 is 0 Å². The van der Waals surface area contributed by atoms with Crippen molar-refractivity contribution in [3.63, 3.8) is 0 Å². The van der Waals surface area contributed by atoms with Crippen LogP contribution < -0.4 is 5.73 Å². The minimum atomic E-state index is 0.683. The van der Waals surface area contributed by atoms with E-state index in [9.17, 15) is 0 Å². The van der Waals surface area contributed by atoms with Gasteiger partial charge in [-0.05, 0) is 18.4 Å². The molecule has 8 heavy (non-hydrogen) atoms. The maximum absolute atomic E-state index is 5.47. The quantitative estimate of drug-likeness (QED) is 0.500. The standard InChI is InChI=1S/C7H11N/c1-6-2-4-7(8)5-3-6/h2,4-6H,3,8H2,1H3/t6-/m1/s1. The molecule has 1 nitrogen and oxygen atoms in total. The second-order valence-corrected chi connectivity index (χ2v) is 2.28. The summed E-state index contributed by atoms with van der Waals surface area (Å²) in [4.78, 5) is 0.